The number of carbonyl (C=O) groups excluding carboxylic acids is 1. The summed E-state index contributed by atoms with van der Waals surface area (Å²) in [5.74, 6) is 3.34. The van der Waals surface area contributed by atoms with Crippen molar-refractivity contribution in [1.29, 1.82) is 0 Å². The third kappa shape index (κ3) is 6.61. The van der Waals surface area contributed by atoms with E-state index in [1.54, 1.807) is 7.05 Å². The summed E-state index contributed by atoms with van der Waals surface area (Å²) in [5, 5.41) is 9.75. The van der Waals surface area contributed by atoms with E-state index in [9.17, 15) is 4.79 Å². The van der Waals surface area contributed by atoms with Crippen LogP contribution < -0.4 is 16.0 Å². The molecule has 0 spiro atoms. The lowest BCUT2D eigenvalue weighted by Crippen LogP contribution is -2.52. The number of nitrogens with one attached hydrogen (secondary N) is 3. The van der Waals surface area contributed by atoms with E-state index >= 15 is 0 Å². The highest BCUT2D eigenvalue weighted by atomic mass is 127. The largest absolute Gasteiger partial charge is 0.444 e. The number of hydrogen-bond donors (Lipinski definition) is 3. The number of aromatic nitrogens is 1. The Balaban J connectivity index is 0.00000280. The van der Waals surface area contributed by atoms with Crippen molar-refractivity contribution in [2.24, 2.45) is 10.9 Å². The van der Waals surface area contributed by atoms with E-state index in [1.165, 1.54) is 0 Å². The molecule has 0 bridgehead atoms. The Kier molecular flexibility index (Phi) is 9.00. The number of nitrogens with zero attached hydrogens (tertiary/aromatic N) is 3. The summed E-state index contributed by atoms with van der Waals surface area (Å²) in [6.07, 6.45) is 3.74. The van der Waals surface area contributed by atoms with Gasteiger partial charge in [-0.2, -0.15) is 0 Å². The first-order valence-corrected chi connectivity index (χ1v) is 9.92. The van der Waals surface area contributed by atoms with Gasteiger partial charge in [-0.05, 0) is 52.1 Å². The van der Waals surface area contributed by atoms with Crippen LogP contribution >= 0.6 is 24.0 Å². The molecule has 28 heavy (non-hydrogen) atoms. The van der Waals surface area contributed by atoms with E-state index in [0.717, 1.165) is 68.7 Å². The van der Waals surface area contributed by atoms with Gasteiger partial charge in [-0.25, -0.2) is 4.98 Å². The Hall–Kier alpha value is -1.36. The zero-order valence-electron chi connectivity index (χ0n) is 17.1. The van der Waals surface area contributed by atoms with Gasteiger partial charge in [0, 0.05) is 32.6 Å². The Morgan fingerprint density at radius 3 is 2.64 bits per heavy atom. The van der Waals surface area contributed by atoms with Crippen LogP contribution in [0.25, 0.3) is 0 Å². The van der Waals surface area contributed by atoms with Gasteiger partial charge >= 0.3 is 0 Å². The van der Waals surface area contributed by atoms with Gasteiger partial charge in [0.15, 0.2) is 5.96 Å². The van der Waals surface area contributed by atoms with Gasteiger partial charge in [-0.3, -0.25) is 14.7 Å². The first kappa shape index (κ1) is 22.9. The fourth-order valence-electron chi connectivity index (χ4n) is 3.63. The molecule has 8 nitrogen and oxygen atoms in total. The monoisotopic (exact) mass is 504 g/mol. The highest BCUT2D eigenvalue weighted by Crippen LogP contribution is 2.19. The van der Waals surface area contributed by atoms with Gasteiger partial charge in [-0.1, -0.05) is 0 Å². The third-order valence-electron chi connectivity index (χ3n) is 5.53. The van der Waals surface area contributed by atoms with E-state index < -0.39 is 0 Å². The molecule has 3 N–H and O–H groups in total. The maximum absolute atomic E-state index is 11.3. The first-order chi connectivity index (χ1) is 13.0. The molecule has 3 rings (SSSR count). The maximum Gasteiger partial charge on any atom is 0.220 e. The molecular weight excluding hydrogens is 471 g/mol. The second-order valence-electron chi connectivity index (χ2n) is 7.61. The Labute approximate surface area is 184 Å². The zero-order chi connectivity index (χ0) is 19.2. The Morgan fingerprint density at radius 1 is 1.32 bits per heavy atom. The van der Waals surface area contributed by atoms with Crippen LogP contribution in [-0.4, -0.2) is 61.0 Å². The fourth-order valence-corrected chi connectivity index (χ4v) is 3.63. The first-order valence-electron chi connectivity index (χ1n) is 9.92. The number of halogens is 1. The van der Waals surface area contributed by atoms with Crippen molar-refractivity contribution in [2.75, 3.05) is 33.2 Å². The molecule has 3 heterocycles. The summed E-state index contributed by atoms with van der Waals surface area (Å²) >= 11 is 0. The van der Waals surface area contributed by atoms with Gasteiger partial charge in [0.1, 0.15) is 5.76 Å². The molecule has 0 aliphatic carbocycles. The van der Waals surface area contributed by atoms with Crippen LogP contribution in [-0.2, 0) is 11.3 Å². The molecule has 9 heteroatoms. The second-order valence-corrected chi connectivity index (χ2v) is 7.61. The lowest BCUT2D eigenvalue weighted by atomic mass is 9.97. The summed E-state index contributed by atoms with van der Waals surface area (Å²) in [5.41, 5.74) is 0.987. The van der Waals surface area contributed by atoms with Crippen molar-refractivity contribution < 1.29 is 9.21 Å². The zero-order valence-corrected chi connectivity index (χ0v) is 19.4. The topological polar surface area (TPSA) is 94.8 Å². The van der Waals surface area contributed by atoms with Gasteiger partial charge in [0.05, 0.1) is 12.2 Å². The Morgan fingerprint density at radius 2 is 2.07 bits per heavy atom. The van der Waals surface area contributed by atoms with Crippen LogP contribution in [0.5, 0.6) is 0 Å². The van der Waals surface area contributed by atoms with E-state index in [2.05, 4.69) is 30.8 Å². The summed E-state index contributed by atoms with van der Waals surface area (Å²) in [6, 6.07) is 0.253. The van der Waals surface area contributed by atoms with Crippen LogP contribution in [0, 0.1) is 19.8 Å². The predicted octanol–water partition coefficient (Wildman–Crippen LogP) is 1.57. The molecule has 0 saturated carbocycles. The third-order valence-corrected chi connectivity index (χ3v) is 5.53. The quantitative estimate of drug-likeness (QED) is 0.320. The number of amides is 1. The highest BCUT2D eigenvalue weighted by molar-refractivity contribution is 14.0. The molecule has 2 saturated heterocycles. The van der Waals surface area contributed by atoms with Crippen LogP contribution in [0.2, 0.25) is 0 Å². The van der Waals surface area contributed by atoms with E-state index in [1.807, 2.05) is 13.8 Å². The molecular formula is C19H33IN6O2. The number of likely N-dealkylation sites (tertiary alicyclic amines) is 1. The summed E-state index contributed by atoms with van der Waals surface area (Å²) in [4.78, 5) is 22.5. The van der Waals surface area contributed by atoms with E-state index in [4.69, 9.17) is 4.42 Å². The second kappa shape index (κ2) is 11.0. The van der Waals surface area contributed by atoms with Crippen molar-refractivity contribution >= 4 is 35.8 Å². The number of rotatable bonds is 5. The molecule has 1 amide bonds. The summed E-state index contributed by atoms with van der Waals surface area (Å²) in [7, 11) is 1.79. The van der Waals surface area contributed by atoms with Crippen molar-refractivity contribution in [3.8, 4) is 0 Å². The minimum Gasteiger partial charge on any atom is -0.444 e. The van der Waals surface area contributed by atoms with Crippen LogP contribution in [0.1, 0.15) is 43.0 Å². The average Bonchev–Trinajstić information content (AvgIpc) is 2.98. The molecule has 1 aromatic heterocycles. The summed E-state index contributed by atoms with van der Waals surface area (Å²) in [6.45, 7) is 8.46. The minimum absolute atomic E-state index is 0. The molecule has 1 aromatic rings. The highest BCUT2D eigenvalue weighted by Gasteiger charge is 2.22. The molecule has 2 aliphatic heterocycles. The van der Waals surface area contributed by atoms with Gasteiger partial charge in [-0.15, -0.1) is 24.0 Å². The molecule has 0 aromatic carbocycles. The molecule has 2 fully saturated rings. The van der Waals surface area contributed by atoms with Crippen LogP contribution in [0.4, 0.5) is 0 Å². The smallest absolute Gasteiger partial charge is 0.220 e. The number of guanidine groups is 1. The van der Waals surface area contributed by atoms with Gasteiger partial charge < -0.3 is 20.4 Å². The lowest BCUT2D eigenvalue weighted by molar-refractivity contribution is -0.122. The standard InChI is InChI=1S/C19H32N6O2.HI/c1-13-14(2)27-18(23-13)12-25-8-6-15(7-9-25)10-22-19(20-3)24-16-4-5-17(26)21-11-16;/h15-16H,4-12H2,1-3H3,(H,21,26)(H2,20,22,24);1H. The SMILES string of the molecule is CN=C(NCC1CCN(Cc2nc(C)c(C)o2)CC1)NC1CCC(=O)NC1.I. The van der Waals surface area contributed by atoms with Crippen molar-refractivity contribution in [2.45, 2.75) is 52.1 Å². The predicted molar refractivity (Wildman–Crippen MR) is 120 cm³/mol. The molecule has 158 valence electrons. The molecule has 2 aliphatic rings. The summed E-state index contributed by atoms with van der Waals surface area (Å²) < 4.78 is 5.70. The number of oxazole rings is 1. The van der Waals surface area contributed by atoms with E-state index in [-0.39, 0.29) is 35.9 Å². The van der Waals surface area contributed by atoms with Crippen LogP contribution in [0.3, 0.4) is 0 Å². The van der Waals surface area contributed by atoms with Crippen molar-refractivity contribution in [3.63, 3.8) is 0 Å². The maximum atomic E-state index is 11.3. The number of aryl methyl sites for hydroxylation is 2. The lowest BCUT2D eigenvalue weighted by Gasteiger charge is -2.32. The normalized spacial score (nSPS) is 21.8. The van der Waals surface area contributed by atoms with Gasteiger partial charge in [0.25, 0.3) is 0 Å². The molecule has 1 unspecified atom stereocenters. The number of hydrogen-bond acceptors (Lipinski definition) is 5. The van der Waals surface area contributed by atoms with Crippen molar-refractivity contribution in [1.82, 2.24) is 25.8 Å². The number of piperidine rings is 2. The minimum atomic E-state index is 0. The molecule has 1 atom stereocenters. The van der Waals surface area contributed by atoms with Gasteiger partial charge in [0.2, 0.25) is 11.8 Å². The number of carbonyl (C=O) groups is 1. The molecule has 0 radical (unpaired) electrons. The van der Waals surface area contributed by atoms with Crippen molar-refractivity contribution in [3.05, 3.63) is 17.3 Å². The van der Waals surface area contributed by atoms with E-state index in [0.29, 0.717) is 18.9 Å². The van der Waals surface area contributed by atoms with Crippen LogP contribution in [0.15, 0.2) is 9.41 Å². The number of aliphatic imine (C=N–C) groups is 1. The average molecular weight is 504 g/mol. The Bertz CT molecular complexity index is 640. The fraction of sp³-hybridized carbons (Fsp3) is 0.737.